The van der Waals surface area contributed by atoms with Crippen LogP contribution in [0.15, 0.2) is 18.2 Å². The summed E-state index contributed by atoms with van der Waals surface area (Å²) in [7, 11) is 1.52. The van der Waals surface area contributed by atoms with E-state index in [1.165, 1.54) is 7.11 Å². The summed E-state index contributed by atoms with van der Waals surface area (Å²) in [6, 6.07) is 4.88. The van der Waals surface area contributed by atoms with Gasteiger partial charge < -0.3 is 19.9 Å². The number of hydrogen-bond acceptors (Lipinski definition) is 4. The second kappa shape index (κ2) is 5.88. The molecule has 1 aromatic rings. The molecule has 1 aromatic carbocycles. The number of nitrogens with one attached hydrogen (secondary N) is 1. The maximum atomic E-state index is 12.3. The zero-order valence-corrected chi connectivity index (χ0v) is 10.9. The van der Waals surface area contributed by atoms with E-state index in [-0.39, 0.29) is 6.04 Å². The molecule has 112 valence electrons. The summed E-state index contributed by atoms with van der Waals surface area (Å²) in [4.78, 5) is 0. The van der Waals surface area contributed by atoms with E-state index in [4.69, 9.17) is 14.6 Å². The predicted molar refractivity (Wildman–Crippen MR) is 65.9 cm³/mol. The lowest BCUT2D eigenvalue weighted by Crippen LogP contribution is -2.40. The Morgan fingerprint density at radius 2 is 2.25 bits per heavy atom. The monoisotopic (exact) mass is 291 g/mol. The third-order valence-electron chi connectivity index (χ3n) is 3.19. The van der Waals surface area contributed by atoms with Crippen LogP contribution in [0.5, 0.6) is 11.5 Å². The van der Waals surface area contributed by atoms with Crippen molar-refractivity contribution in [3.63, 3.8) is 0 Å². The third-order valence-corrected chi connectivity index (χ3v) is 3.19. The minimum atomic E-state index is -4.62. The van der Waals surface area contributed by atoms with Crippen LogP contribution in [0.4, 0.5) is 13.2 Å². The van der Waals surface area contributed by atoms with E-state index in [0.717, 1.165) is 5.56 Å². The molecule has 2 unspecified atom stereocenters. The summed E-state index contributed by atoms with van der Waals surface area (Å²) < 4.78 is 47.4. The zero-order chi connectivity index (χ0) is 14.8. The Labute approximate surface area is 114 Å². The van der Waals surface area contributed by atoms with Crippen molar-refractivity contribution < 1.29 is 27.8 Å². The van der Waals surface area contributed by atoms with E-state index < -0.39 is 18.8 Å². The molecule has 2 atom stereocenters. The van der Waals surface area contributed by atoms with Crippen LogP contribution in [0, 0.1) is 0 Å². The van der Waals surface area contributed by atoms with E-state index in [2.05, 4.69) is 5.32 Å². The molecule has 1 aliphatic rings. The van der Waals surface area contributed by atoms with Crippen LogP contribution in [0.1, 0.15) is 18.0 Å². The maximum Gasteiger partial charge on any atom is 0.415 e. The zero-order valence-electron chi connectivity index (χ0n) is 10.9. The number of halogens is 3. The summed E-state index contributed by atoms with van der Waals surface area (Å²) in [6.45, 7) is -0.135. The van der Waals surface area contributed by atoms with Gasteiger partial charge in [-0.1, -0.05) is 0 Å². The van der Waals surface area contributed by atoms with Crippen molar-refractivity contribution in [1.29, 1.82) is 0 Å². The molecule has 1 heterocycles. The molecule has 0 radical (unpaired) electrons. The van der Waals surface area contributed by atoms with Gasteiger partial charge in [0.15, 0.2) is 6.10 Å². The van der Waals surface area contributed by atoms with Crippen LogP contribution in [-0.4, -0.2) is 37.6 Å². The van der Waals surface area contributed by atoms with E-state index in [1.807, 2.05) is 0 Å². The number of ether oxygens (including phenoxy) is 2. The van der Waals surface area contributed by atoms with Crippen molar-refractivity contribution in [2.45, 2.75) is 24.7 Å². The van der Waals surface area contributed by atoms with Gasteiger partial charge in [-0.25, -0.2) is 0 Å². The van der Waals surface area contributed by atoms with Crippen molar-refractivity contribution in [3.8, 4) is 11.5 Å². The Balaban J connectivity index is 2.08. The first-order valence-electron chi connectivity index (χ1n) is 6.20. The standard InChI is InChI=1S/C13H16F3NO3/c1-19-8-2-3-11-9(6-8)10(4-5-20-11)17-7-12(18)13(14,15)16/h2-3,6,10,12,17-18H,4-5,7H2,1H3. The van der Waals surface area contributed by atoms with Crippen molar-refractivity contribution in [2.75, 3.05) is 20.3 Å². The number of rotatable bonds is 4. The summed E-state index contributed by atoms with van der Waals surface area (Å²) in [6.07, 6.45) is -6.46. The van der Waals surface area contributed by atoms with Crippen LogP contribution >= 0.6 is 0 Å². The molecule has 20 heavy (non-hydrogen) atoms. The fourth-order valence-electron chi connectivity index (χ4n) is 2.08. The van der Waals surface area contributed by atoms with Gasteiger partial charge in [0.05, 0.1) is 13.7 Å². The van der Waals surface area contributed by atoms with Gasteiger partial charge in [0, 0.05) is 24.6 Å². The summed E-state index contributed by atoms with van der Waals surface area (Å²) in [5, 5.41) is 11.8. The normalized spacial score (nSPS) is 19.9. The van der Waals surface area contributed by atoms with E-state index in [0.29, 0.717) is 24.5 Å². The third kappa shape index (κ3) is 3.34. The number of aliphatic hydroxyl groups excluding tert-OH is 1. The van der Waals surface area contributed by atoms with Gasteiger partial charge in [0.2, 0.25) is 0 Å². The van der Waals surface area contributed by atoms with Gasteiger partial charge in [-0.15, -0.1) is 0 Å². The molecule has 7 heteroatoms. The Bertz CT molecular complexity index is 465. The lowest BCUT2D eigenvalue weighted by Gasteiger charge is -2.28. The highest BCUT2D eigenvalue weighted by Crippen LogP contribution is 2.35. The molecule has 1 aliphatic heterocycles. The van der Waals surface area contributed by atoms with Gasteiger partial charge in [-0.2, -0.15) is 13.2 Å². The number of fused-ring (bicyclic) bond motifs is 1. The molecule has 0 aromatic heterocycles. The van der Waals surface area contributed by atoms with Crippen molar-refractivity contribution >= 4 is 0 Å². The van der Waals surface area contributed by atoms with Crippen molar-refractivity contribution in [1.82, 2.24) is 5.32 Å². The fraction of sp³-hybridized carbons (Fsp3) is 0.538. The largest absolute Gasteiger partial charge is 0.497 e. The highest BCUT2D eigenvalue weighted by atomic mass is 19.4. The first-order chi connectivity index (χ1) is 9.41. The Hall–Kier alpha value is -1.47. The smallest absolute Gasteiger partial charge is 0.415 e. The number of hydrogen-bond donors (Lipinski definition) is 2. The van der Waals surface area contributed by atoms with Crippen LogP contribution in [-0.2, 0) is 0 Å². The molecule has 0 aliphatic carbocycles. The summed E-state index contributed by atoms with van der Waals surface area (Å²) >= 11 is 0. The first kappa shape index (κ1) is 14.9. The van der Waals surface area contributed by atoms with Gasteiger partial charge in [-0.05, 0) is 18.2 Å². The van der Waals surface area contributed by atoms with Crippen molar-refractivity contribution in [2.24, 2.45) is 0 Å². The SMILES string of the molecule is COc1ccc2c(c1)C(NCC(O)C(F)(F)F)CCO2. The molecule has 0 saturated heterocycles. The van der Waals surface area contributed by atoms with E-state index >= 15 is 0 Å². The van der Waals surface area contributed by atoms with Gasteiger partial charge in [-0.3, -0.25) is 0 Å². The minimum absolute atomic E-state index is 0.300. The maximum absolute atomic E-state index is 12.3. The Kier molecular flexibility index (Phi) is 4.39. The average Bonchev–Trinajstić information content (AvgIpc) is 2.43. The average molecular weight is 291 g/mol. The molecule has 2 N–H and O–H groups in total. The van der Waals surface area contributed by atoms with Crippen LogP contribution in [0.3, 0.4) is 0 Å². The molecule has 0 spiro atoms. The molecule has 0 saturated carbocycles. The van der Waals surface area contributed by atoms with Crippen molar-refractivity contribution in [3.05, 3.63) is 23.8 Å². The molecule has 0 fully saturated rings. The number of benzene rings is 1. The lowest BCUT2D eigenvalue weighted by atomic mass is 10.00. The van der Waals surface area contributed by atoms with E-state index in [1.54, 1.807) is 18.2 Å². The number of methoxy groups -OCH3 is 1. The topological polar surface area (TPSA) is 50.7 Å². The van der Waals surface area contributed by atoms with Gasteiger partial charge in [0.25, 0.3) is 0 Å². The quantitative estimate of drug-likeness (QED) is 0.891. The fourth-order valence-corrected chi connectivity index (χ4v) is 2.08. The van der Waals surface area contributed by atoms with Crippen LogP contribution in [0.25, 0.3) is 0 Å². The molecule has 0 bridgehead atoms. The highest BCUT2D eigenvalue weighted by molar-refractivity contribution is 5.43. The summed E-state index contributed by atoms with van der Waals surface area (Å²) in [5.74, 6) is 1.23. The number of alkyl halides is 3. The molecule has 2 rings (SSSR count). The minimum Gasteiger partial charge on any atom is -0.497 e. The first-order valence-corrected chi connectivity index (χ1v) is 6.20. The number of aliphatic hydroxyl groups is 1. The molecule has 0 amide bonds. The Morgan fingerprint density at radius 1 is 1.50 bits per heavy atom. The lowest BCUT2D eigenvalue weighted by molar-refractivity contribution is -0.202. The van der Waals surface area contributed by atoms with Crippen LogP contribution in [0.2, 0.25) is 0 Å². The summed E-state index contributed by atoms with van der Waals surface area (Å²) in [5.41, 5.74) is 0.741. The molecule has 4 nitrogen and oxygen atoms in total. The van der Waals surface area contributed by atoms with E-state index in [9.17, 15) is 13.2 Å². The van der Waals surface area contributed by atoms with Gasteiger partial charge in [0.1, 0.15) is 11.5 Å². The predicted octanol–water partition coefficient (Wildman–Crippen LogP) is 2.03. The highest BCUT2D eigenvalue weighted by Gasteiger charge is 2.38. The van der Waals surface area contributed by atoms with Gasteiger partial charge >= 0.3 is 6.18 Å². The second-order valence-corrected chi connectivity index (χ2v) is 4.56. The Morgan fingerprint density at radius 3 is 2.90 bits per heavy atom. The van der Waals surface area contributed by atoms with Crippen LogP contribution < -0.4 is 14.8 Å². The molecular formula is C13H16F3NO3. The second-order valence-electron chi connectivity index (χ2n) is 4.56. The molecular weight excluding hydrogens is 275 g/mol.